The number of alkyl halides is 3. The van der Waals surface area contributed by atoms with Crippen LogP contribution in [0.3, 0.4) is 0 Å². The van der Waals surface area contributed by atoms with E-state index in [1.54, 1.807) is 35.4 Å². The molecule has 0 bridgehead atoms. The molecule has 1 heterocycles. The van der Waals surface area contributed by atoms with E-state index in [4.69, 9.17) is 0 Å². The fourth-order valence-corrected chi connectivity index (χ4v) is 2.12. The van der Waals surface area contributed by atoms with Gasteiger partial charge in [0.2, 0.25) is 11.8 Å². The van der Waals surface area contributed by atoms with Crippen molar-refractivity contribution in [2.45, 2.75) is 6.18 Å². The molecule has 0 spiro atoms. The number of benzene rings is 2. The highest BCUT2D eigenvalue weighted by Crippen LogP contribution is 2.26. The van der Waals surface area contributed by atoms with Crippen LogP contribution in [-0.4, -0.2) is 27.0 Å². The Morgan fingerprint density at radius 2 is 1.44 bits per heavy atom. The average Bonchev–Trinajstić information content (AvgIpc) is 3.12. The zero-order valence-electron chi connectivity index (χ0n) is 13.5. The maximum atomic E-state index is 12.5. The fourth-order valence-electron chi connectivity index (χ4n) is 2.12. The number of H-pyrrole nitrogens is 1. The molecule has 2 amide bonds. The Morgan fingerprint density at radius 3 is 2.04 bits per heavy atom. The number of nitrogens with zero attached hydrogens (tertiary/aromatic N) is 2. The van der Waals surface area contributed by atoms with Crippen LogP contribution >= 0.6 is 0 Å². The van der Waals surface area contributed by atoms with E-state index in [2.05, 4.69) is 20.7 Å². The zero-order chi connectivity index (χ0) is 19.4. The van der Waals surface area contributed by atoms with Crippen molar-refractivity contribution >= 4 is 23.5 Å². The van der Waals surface area contributed by atoms with Crippen LogP contribution < -0.4 is 10.6 Å². The van der Waals surface area contributed by atoms with Crippen molar-refractivity contribution in [3.8, 4) is 0 Å². The molecule has 0 radical (unpaired) electrons. The molecule has 0 atom stereocenters. The lowest BCUT2D eigenvalue weighted by Crippen LogP contribution is -2.14. The van der Waals surface area contributed by atoms with Crippen molar-refractivity contribution in [2.24, 2.45) is 0 Å². The molecule has 0 fully saturated rings. The first-order chi connectivity index (χ1) is 12.8. The summed E-state index contributed by atoms with van der Waals surface area (Å²) in [5.74, 6) is -2.80. The average molecular weight is 375 g/mol. The van der Waals surface area contributed by atoms with Gasteiger partial charge in [-0.2, -0.15) is 18.2 Å². The van der Waals surface area contributed by atoms with Crippen molar-refractivity contribution in [1.29, 1.82) is 0 Å². The molecular formula is C17H12F3N5O2. The van der Waals surface area contributed by atoms with Gasteiger partial charge in [0.1, 0.15) is 0 Å². The number of carbonyl (C=O) groups excluding carboxylic acids is 2. The Kier molecular flexibility index (Phi) is 4.88. The van der Waals surface area contributed by atoms with Gasteiger partial charge in [0.15, 0.2) is 0 Å². The molecule has 0 aliphatic rings. The molecule has 0 saturated carbocycles. The van der Waals surface area contributed by atoms with E-state index >= 15 is 0 Å². The molecule has 3 aromatic rings. The number of amides is 2. The molecule has 1 aromatic heterocycles. The second-order valence-corrected chi connectivity index (χ2v) is 5.36. The minimum atomic E-state index is -4.69. The number of rotatable bonds is 4. The summed E-state index contributed by atoms with van der Waals surface area (Å²) in [5.41, 5.74) is 1.09. The van der Waals surface area contributed by atoms with Crippen LogP contribution in [0.25, 0.3) is 0 Å². The quantitative estimate of drug-likeness (QED) is 0.651. The van der Waals surface area contributed by atoms with E-state index in [1.165, 1.54) is 24.3 Å². The smallest absolute Gasteiger partial charge is 0.322 e. The monoisotopic (exact) mass is 375 g/mol. The van der Waals surface area contributed by atoms with Crippen molar-refractivity contribution in [2.75, 3.05) is 10.6 Å². The van der Waals surface area contributed by atoms with Gasteiger partial charge < -0.3 is 5.32 Å². The van der Waals surface area contributed by atoms with Crippen LogP contribution in [0.5, 0.6) is 0 Å². The zero-order valence-corrected chi connectivity index (χ0v) is 13.5. The first-order valence-electron chi connectivity index (χ1n) is 7.60. The number of nitrogens with one attached hydrogen (secondary N) is 3. The number of hydrogen-bond donors (Lipinski definition) is 3. The molecule has 7 nitrogen and oxygen atoms in total. The van der Waals surface area contributed by atoms with Gasteiger partial charge in [-0.3, -0.25) is 20.0 Å². The summed E-state index contributed by atoms with van der Waals surface area (Å²) in [7, 11) is 0. The van der Waals surface area contributed by atoms with Gasteiger partial charge in [-0.1, -0.05) is 18.2 Å². The number of halogens is 3. The lowest BCUT2D eigenvalue weighted by molar-refractivity contribution is -0.144. The number of hydrogen-bond acceptors (Lipinski definition) is 4. The highest BCUT2D eigenvalue weighted by atomic mass is 19.4. The van der Waals surface area contributed by atoms with E-state index in [9.17, 15) is 22.8 Å². The minimum Gasteiger partial charge on any atom is -0.322 e. The van der Waals surface area contributed by atoms with Crippen molar-refractivity contribution in [1.82, 2.24) is 15.2 Å². The second kappa shape index (κ2) is 7.28. The molecule has 2 aromatic carbocycles. The standard InChI is InChI=1S/C17H12F3N5O2/c18-17(19,20)15-23-16(25-24-15)22-14(27)11-6-8-12(9-7-11)21-13(26)10-4-2-1-3-5-10/h1-9H,(H,21,26)(H2,22,23,24,25,27). The van der Waals surface area contributed by atoms with E-state index in [0.29, 0.717) is 11.3 Å². The molecule has 0 unspecified atom stereocenters. The molecule has 3 rings (SSSR count). The Labute approximate surface area is 150 Å². The molecule has 27 heavy (non-hydrogen) atoms. The van der Waals surface area contributed by atoms with E-state index < -0.39 is 23.9 Å². The van der Waals surface area contributed by atoms with Crippen molar-refractivity contribution in [3.05, 3.63) is 71.5 Å². The highest BCUT2D eigenvalue weighted by molar-refractivity contribution is 6.05. The van der Waals surface area contributed by atoms with E-state index in [0.717, 1.165) is 0 Å². The summed E-state index contributed by atoms with van der Waals surface area (Å²) in [5, 5.41) is 9.82. The Balaban J connectivity index is 1.63. The molecular weight excluding hydrogens is 363 g/mol. The molecule has 3 N–H and O–H groups in total. The van der Waals surface area contributed by atoms with Crippen LogP contribution in [0, 0.1) is 0 Å². The van der Waals surface area contributed by atoms with Crippen molar-refractivity contribution < 1.29 is 22.8 Å². The highest BCUT2D eigenvalue weighted by Gasteiger charge is 2.35. The van der Waals surface area contributed by atoms with Gasteiger partial charge in [-0.15, -0.1) is 5.10 Å². The van der Waals surface area contributed by atoms with Gasteiger partial charge in [0.25, 0.3) is 11.8 Å². The first kappa shape index (κ1) is 18.1. The Hall–Kier alpha value is -3.69. The van der Waals surface area contributed by atoms with Gasteiger partial charge in [-0.05, 0) is 36.4 Å². The summed E-state index contributed by atoms with van der Waals surface area (Å²) >= 11 is 0. The summed E-state index contributed by atoms with van der Waals surface area (Å²) in [6.45, 7) is 0. The molecule has 138 valence electrons. The predicted octanol–water partition coefficient (Wildman–Crippen LogP) is 3.33. The van der Waals surface area contributed by atoms with Crippen LogP contribution in [-0.2, 0) is 6.18 Å². The van der Waals surface area contributed by atoms with Gasteiger partial charge >= 0.3 is 6.18 Å². The molecule has 10 heteroatoms. The van der Waals surface area contributed by atoms with Gasteiger partial charge in [-0.25, -0.2) is 0 Å². The van der Waals surface area contributed by atoms with Crippen LogP contribution in [0.15, 0.2) is 54.6 Å². The van der Waals surface area contributed by atoms with Gasteiger partial charge in [0.05, 0.1) is 0 Å². The molecule has 0 aliphatic heterocycles. The molecule has 0 saturated heterocycles. The second-order valence-electron chi connectivity index (χ2n) is 5.36. The van der Waals surface area contributed by atoms with Crippen LogP contribution in [0.4, 0.5) is 24.8 Å². The number of anilines is 2. The first-order valence-corrected chi connectivity index (χ1v) is 7.60. The Morgan fingerprint density at radius 1 is 0.852 bits per heavy atom. The maximum Gasteiger partial charge on any atom is 0.451 e. The number of carbonyl (C=O) groups is 2. The lowest BCUT2D eigenvalue weighted by Gasteiger charge is -2.06. The topological polar surface area (TPSA) is 99.8 Å². The largest absolute Gasteiger partial charge is 0.451 e. The minimum absolute atomic E-state index is 0.158. The third-order valence-corrected chi connectivity index (χ3v) is 3.42. The molecule has 0 aliphatic carbocycles. The number of aromatic nitrogens is 3. The van der Waals surface area contributed by atoms with E-state index in [-0.39, 0.29) is 11.5 Å². The third kappa shape index (κ3) is 4.48. The maximum absolute atomic E-state index is 12.5. The predicted molar refractivity (Wildman–Crippen MR) is 90.2 cm³/mol. The summed E-state index contributed by atoms with van der Waals surface area (Å²) in [6.07, 6.45) is -4.69. The van der Waals surface area contributed by atoms with Crippen LogP contribution in [0.2, 0.25) is 0 Å². The summed E-state index contributed by atoms with van der Waals surface area (Å²) in [6, 6.07) is 14.4. The third-order valence-electron chi connectivity index (χ3n) is 3.42. The lowest BCUT2D eigenvalue weighted by atomic mass is 10.1. The Bertz CT molecular complexity index is 953. The van der Waals surface area contributed by atoms with Gasteiger partial charge in [0, 0.05) is 16.8 Å². The fraction of sp³-hybridized carbons (Fsp3) is 0.0588. The normalized spacial score (nSPS) is 11.1. The SMILES string of the molecule is O=C(Nc1ccc(C(=O)Nc2n[nH]c(C(F)(F)F)n2)cc1)c1ccccc1. The summed E-state index contributed by atoms with van der Waals surface area (Å²) in [4.78, 5) is 27.3. The van der Waals surface area contributed by atoms with Crippen molar-refractivity contribution in [3.63, 3.8) is 0 Å². The number of aromatic amines is 1. The van der Waals surface area contributed by atoms with Crippen LogP contribution in [0.1, 0.15) is 26.5 Å². The van der Waals surface area contributed by atoms with E-state index in [1.807, 2.05) is 0 Å². The summed E-state index contributed by atoms with van der Waals surface area (Å²) < 4.78 is 37.4.